The van der Waals surface area contributed by atoms with Crippen molar-refractivity contribution in [1.82, 2.24) is 10.1 Å². The van der Waals surface area contributed by atoms with Gasteiger partial charge in [-0.15, -0.1) is 0 Å². The molecule has 26 heavy (non-hydrogen) atoms. The Labute approximate surface area is 155 Å². The fraction of sp³-hybridized carbons (Fsp3) is 0.176. The van der Waals surface area contributed by atoms with Gasteiger partial charge in [-0.05, 0) is 42.0 Å². The van der Waals surface area contributed by atoms with Crippen molar-refractivity contribution in [3.05, 3.63) is 60.0 Å². The predicted molar refractivity (Wildman–Crippen MR) is 94.9 cm³/mol. The Morgan fingerprint density at radius 3 is 2.31 bits per heavy atom. The molecule has 3 aromatic rings. The van der Waals surface area contributed by atoms with E-state index < -0.39 is 12.1 Å². The quantitative estimate of drug-likeness (QED) is 0.496. The standard InChI is InChI=1S/C17H13F3N2O2S2/c1-23-13-6-2-11(3-7-13)10-25-26-14-8-4-12(5-9-14)15-21-16(24-22-15)17(18,19)20/h2-9H,10H2,1H3. The molecule has 0 saturated carbocycles. The van der Waals surface area contributed by atoms with Crippen LogP contribution < -0.4 is 4.74 Å². The molecule has 0 bridgehead atoms. The summed E-state index contributed by atoms with van der Waals surface area (Å²) in [6.07, 6.45) is -4.64. The summed E-state index contributed by atoms with van der Waals surface area (Å²) in [7, 11) is 4.87. The molecule has 0 N–H and O–H groups in total. The number of ether oxygens (including phenoxy) is 1. The first-order valence-electron chi connectivity index (χ1n) is 7.39. The highest BCUT2D eigenvalue weighted by atomic mass is 33.1. The van der Waals surface area contributed by atoms with Crippen LogP contribution in [0.25, 0.3) is 11.4 Å². The first-order chi connectivity index (χ1) is 12.5. The Bertz CT molecular complexity index is 850. The van der Waals surface area contributed by atoms with Gasteiger partial charge in [0.25, 0.3) is 0 Å². The van der Waals surface area contributed by atoms with Gasteiger partial charge in [-0.1, -0.05) is 38.9 Å². The monoisotopic (exact) mass is 398 g/mol. The molecule has 2 aromatic carbocycles. The van der Waals surface area contributed by atoms with Gasteiger partial charge in [0.05, 0.1) is 7.11 Å². The third kappa shape index (κ3) is 4.73. The molecule has 0 spiro atoms. The summed E-state index contributed by atoms with van der Waals surface area (Å²) >= 11 is 0. The van der Waals surface area contributed by atoms with Crippen LogP contribution in [0, 0.1) is 0 Å². The zero-order chi connectivity index (χ0) is 18.6. The molecule has 1 heterocycles. The third-order valence-corrected chi connectivity index (χ3v) is 5.64. The van der Waals surface area contributed by atoms with Crippen LogP contribution in [-0.4, -0.2) is 17.3 Å². The third-order valence-electron chi connectivity index (χ3n) is 3.32. The molecule has 9 heteroatoms. The molecule has 0 aliphatic heterocycles. The summed E-state index contributed by atoms with van der Waals surface area (Å²) in [6.45, 7) is 0. The number of hydrogen-bond donors (Lipinski definition) is 0. The molecule has 136 valence electrons. The lowest BCUT2D eigenvalue weighted by atomic mass is 10.2. The minimum atomic E-state index is -4.64. The Morgan fingerprint density at radius 1 is 1.04 bits per heavy atom. The topological polar surface area (TPSA) is 48.2 Å². The smallest absolute Gasteiger partial charge is 0.471 e. The number of alkyl halides is 3. The van der Waals surface area contributed by atoms with Crippen LogP contribution in [0.4, 0.5) is 13.2 Å². The SMILES string of the molecule is COc1ccc(CSSc2ccc(-c3noc(C(F)(F)F)n3)cc2)cc1. The number of rotatable bonds is 6. The summed E-state index contributed by atoms with van der Waals surface area (Å²) in [4.78, 5) is 4.35. The van der Waals surface area contributed by atoms with Gasteiger partial charge in [-0.3, -0.25) is 0 Å². The number of methoxy groups -OCH3 is 1. The minimum Gasteiger partial charge on any atom is -0.497 e. The van der Waals surface area contributed by atoms with E-state index >= 15 is 0 Å². The summed E-state index contributed by atoms with van der Waals surface area (Å²) in [6, 6.07) is 14.8. The number of halogens is 3. The molecule has 0 radical (unpaired) electrons. The highest BCUT2D eigenvalue weighted by molar-refractivity contribution is 8.76. The van der Waals surface area contributed by atoms with Gasteiger partial charge in [0, 0.05) is 16.2 Å². The van der Waals surface area contributed by atoms with Crippen molar-refractivity contribution in [3.63, 3.8) is 0 Å². The summed E-state index contributed by atoms with van der Waals surface area (Å²) in [5.74, 6) is 0.203. The molecule has 0 atom stereocenters. The maximum absolute atomic E-state index is 12.5. The van der Waals surface area contributed by atoms with Crippen molar-refractivity contribution in [2.75, 3.05) is 7.11 Å². The van der Waals surface area contributed by atoms with E-state index in [-0.39, 0.29) is 5.82 Å². The zero-order valence-electron chi connectivity index (χ0n) is 13.5. The van der Waals surface area contributed by atoms with Gasteiger partial charge >= 0.3 is 12.1 Å². The van der Waals surface area contributed by atoms with Gasteiger partial charge in [0.2, 0.25) is 5.82 Å². The molecule has 0 aliphatic rings. The molecule has 0 saturated heterocycles. The highest BCUT2D eigenvalue weighted by Crippen LogP contribution is 2.35. The average Bonchev–Trinajstić information content (AvgIpc) is 3.13. The van der Waals surface area contributed by atoms with Crippen LogP contribution in [0.3, 0.4) is 0 Å². The van der Waals surface area contributed by atoms with Crippen molar-refractivity contribution in [2.24, 2.45) is 0 Å². The van der Waals surface area contributed by atoms with Gasteiger partial charge in [0.1, 0.15) is 5.75 Å². The van der Waals surface area contributed by atoms with E-state index in [1.165, 1.54) is 5.56 Å². The maximum atomic E-state index is 12.5. The highest BCUT2D eigenvalue weighted by Gasteiger charge is 2.38. The van der Waals surface area contributed by atoms with Crippen molar-refractivity contribution < 1.29 is 22.4 Å². The largest absolute Gasteiger partial charge is 0.497 e. The number of hydrogen-bond acceptors (Lipinski definition) is 6. The van der Waals surface area contributed by atoms with E-state index in [1.807, 2.05) is 36.4 Å². The van der Waals surface area contributed by atoms with Crippen LogP contribution in [0.2, 0.25) is 0 Å². The van der Waals surface area contributed by atoms with E-state index in [9.17, 15) is 13.2 Å². The molecule has 0 amide bonds. The Morgan fingerprint density at radius 2 is 1.73 bits per heavy atom. The zero-order valence-corrected chi connectivity index (χ0v) is 15.1. The Hall–Kier alpha value is -2.13. The normalized spacial score (nSPS) is 11.5. The lowest BCUT2D eigenvalue weighted by Gasteiger charge is -2.04. The number of nitrogens with zero attached hydrogens (tertiary/aromatic N) is 2. The fourth-order valence-corrected chi connectivity index (χ4v) is 4.10. The lowest BCUT2D eigenvalue weighted by Crippen LogP contribution is -2.04. The summed E-state index contributed by atoms with van der Waals surface area (Å²) in [5, 5.41) is 3.37. The molecule has 0 fully saturated rings. The maximum Gasteiger partial charge on any atom is 0.471 e. The predicted octanol–water partition coefficient (Wildman–Crippen LogP) is 5.70. The van der Waals surface area contributed by atoms with Crippen molar-refractivity contribution in [3.8, 4) is 17.1 Å². The second kappa shape index (κ2) is 8.05. The van der Waals surface area contributed by atoms with E-state index in [0.29, 0.717) is 5.56 Å². The first-order valence-corrected chi connectivity index (χ1v) is 9.71. The van der Waals surface area contributed by atoms with Crippen molar-refractivity contribution in [2.45, 2.75) is 16.8 Å². The van der Waals surface area contributed by atoms with Crippen LogP contribution in [-0.2, 0) is 11.9 Å². The van der Waals surface area contributed by atoms with E-state index in [2.05, 4.69) is 14.7 Å². The summed E-state index contributed by atoms with van der Waals surface area (Å²) in [5.41, 5.74) is 1.64. The second-order valence-electron chi connectivity index (χ2n) is 5.14. The molecule has 0 aliphatic carbocycles. The van der Waals surface area contributed by atoms with Crippen molar-refractivity contribution >= 4 is 21.6 Å². The Balaban J connectivity index is 1.56. The van der Waals surface area contributed by atoms with Gasteiger partial charge in [-0.2, -0.15) is 18.2 Å². The van der Waals surface area contributed by atoms with Crippen LogP contribution >= 0.6 is 21.6 Å². The minimum absolute atomic E-state index is 0.0836. The van der Waals surface area contributed by atoms with E-state index in [1.54, 1.807) is 40.8 Å². The van der Waals surface area contributed by atoms with Gasteiger partial charge in [-0.25, -0.2) is 0 Å². The molecular weight excluding hydrogens is 385 g/mol. The van der Waals surface area contributed by atoms with Gasteiger partial charge in [0.15, 0.2) is 0 Å². The lowest BCUT2D eigenvalue weighted by molar-refractivity contribution is -0.159. The fourth-order valence-electron chi connectivity index (χ4n) is 2.00. The number of benzene rings is 2. The molecule has 0 unspecified atom stereocenters. The van der Waals surface area contributed by atoms with E-state index in [0.717, 1.165) is 16.4 Å². The van der Waals surface area contributed by atoms with E-state index in [4.69, 9.17) is 4.74 Å². The second-order valence-corrected chi connectivity index (χ2v) is 7.51. The van der Waals surface area contributed by atoms with Crippen LogP contribution in [0.5, 0.6) is 5.75 Å². The van der Waals surface area contributed by atoms with Crippen LogP contribution in [0.1, 0.15) is 11.5 Å². The Kier molecular flexibility index (Phi) is 5.77. The van der Waals surface area contributed by atoms with Crippen molar-refractivity contribution in [1.29, 1.82) is 0 Å². The first kappa shape index (κ1) is 18.7. The molecule has 1 aromatic heterocycles. The summed E-state index contributed by atoms with van der Waals surface area (Å²) < 4.78 is 46.8. The average molecular weight is 398 g/mol. The molecule has 4 nitrogen and oxygen atoms in total. The molecule has 3 rings (SSSR count). The molecular formula is C17H13F3N2O2S2. The number of aromatic nitrogens is 2. The van der Waals surface area contributed by atoms with Gasteiger partial charge < -0.3 is 9.26 Å². The van der Waals surface area contributed by atoms with Crippen LogP contribution in [0.15, 0.2) is 57.9 Å².